The predicted octanol–water partition coefficient (Wildman–Crippen LogP) is 2.98. The maximum absolute atomic E-state index is 4.17. The van der Waals surface area contributed by atoms with Gasteiger partial charge in [-0.2, -0.15) is 0 Å². The molecule has 0 saturated carbocycles. The fraction of sp³-hybridized carbons (Fsp3) is 0.545. The topological polar surface area (TPSA) is 12.9 Å². The van der Waals surface area contributed by atoms with Crippen molar-refractivity contribution in [1.82, 2.24) is 4.98 Å². The van der Waals surface area contributed by atoms with E-state index in [0.29, 0.717) is 5.41 Å². The molecule has 0 saturated heterocycles. The van der Waals surface area contributed by atoms with Gasteiger partial charge in [0.2, 0.25) is 0 Å². The first-order chi connectivity index (χ1) is 5.47. The monoisotopic (exact) mass is 163 g/mol. The Hall–Kier alpha value is -0.850. The molecule has 0 aliphatic carbocycles. The molecule has 0 aromatic carbocycles. The molecule has 1 heterocycles. The smallest absolute Gasteiger partial charge is 0.0375 e. The van der Waals surface area contributed by atoms with Gasteiger partial charge in [0.05, 0.1) is 0 Å². The second-order valence-electron chi connectivity index (χ2n) is 4.54. The summed E-state index contributed by atoms with van der Waals surface area (Å²) < 4.78 is 0. The third-order valence-corrected chi connectivity index (χ3v) is 1.70. The van der Waals surface area contributed by atoms with Crippen LogP contribution in [0.2, 0.25) is 0 Å². The molecule has 0 radical (unpaired) electrons. The second kappa shape index (κ2) is 3.26. The first-order valence-electron chi connectivity index (χ1n) is 4.39. The molecule has 0 N–H and O–H groups in total. The quantitative estimate of drug-likeness (QED) is 0.620. The number of aromatic nitrogens is 1. The minimum absolute atomic E-state index is 0.369. The highest BCUT2D eigenvalue weighted by Crippen LogP contribution is 2.20. The molecule has 0 unspecified atom stereocenters. The van der Waals surface area contributed by atoms with Crippen molar-refractivity contribution in [3.8, 4) is 0 Å². The average Bonchev–Trinajstić information content (AvgIpc) is 1.82. The summed E-state index contributed by atoms with van der Waals surface area (Å²) in [5.41, 5.74) is 2.86. The minimum atomic E-state index is 0.369. The minimum Gasteiger partial charge on any atom is -0.262 e. The van der Waals surface area contributed by atoms with E-state index in [1.54, 1.807) is 0 Å². The van der Waals surface area contributed by atoms with Crippen LogP contribution in [0.4, 0.5) is 0 Å². The van der Waals surface area contributed by atoms with Crippen LogP contribution in [0, 0.1) is 12.3 Å². The molecule has 0 spiro atoms. The summed E-state index contributed by atoms with van der Waals surface area (Å²) in [5.74, 6) is 0. The van der Waals surface area contributed by atoms with Crippen LogP contribution in [-0.4, -0.2) is 4.98 Å². The fourth-order valence-electron chi connectivity index (χ4n) is 1.33. The van der Waals surface area contributed by atoms with Gasteiger partial charge in [0.1, 0.15) is 0 Å². The molecule has 0 fully saturated rings. The Morgan fingerprint density at radius 2 is 2.00 bits per heavy atom. The van der Waals surface area contributed by atoms with Crippen LogP contribution >= 0.6 is 0 Å². The molecule has 0 aliphatic rings. The Morgan fingerprint density at radius 1 is 1.33 bits per heavy atom. The van der Waals surface area contributed by atoms with Crippen molar-refractivity contribution in [2.75, 3.05) is 0 Å². The highest BCUT2D eigenvalue weighted by molar-refractivity contribution is 5.16. The number of hydrogen-bond acceptors (Lipinski definition) is 1. The van der Waals surface area contributed by atoms with Gasteiger partial charge in [-0.3, -0.25) is 4.98 Å². The molecule has 1 aromatic heterocycles. The van der Waals surface area contributed by atoms with E-state index in [2.05, 4.69) is 37.9 Å². The highest BCUT2D eigenvalue weighted by atomic mass is 14.6. The normalized spacial score (nSPS) is 11.7. The maximum atomic E-state index is 4.17. The van der Waals surface area contributed by atoms with E-state index in [9.17, 15) is 0 Å². The lowest BCUT2D eigenvalue weighted by molar-refractivity contribution is 0.411. The predicted molar refractivity (Wildman–Crippen MR) is 52.1 cm³/mol. The summed E-state index contributed by atoms with van der Waals surface area (Å²) in [6.07, 6.45) is 3.01. The third-order valence-electron chi connectivity index (χ3n) is 1.70. The van der Waals surface area contributed by atoms with Crippen LogP contribution in [0.3, 0.4) is 0 Å². The van der Waals surface area contributed by atoms with Crippen LogP contribution in [0.25, 0.3) is 0 Å². The van der Waals surface area contributed by atoms with Crippen molar-refractivity contribution in [1.29, 1.82) is 0 Å². The molecule has 0 amide bonds. The molecule has 0 atom stereocenters. The molecule has 1 heteroatoms. The largest absolute Gasteiger partial charge is 0.262 e. The van der Waals surface area contributed by atoms with Crippen LogP contribution in [0.15, 0.2) is 18.3 Å². The standard InChI is InChI=1S/C11H17N/c1-9-7-10(5-6-12-9)8-11(2,3)4/h5-7H,8H2,1-4H3. The lowest BCUT2D eigenvalue weighted by Gasteiger charge is -2.17. The Bertz CT molecular complexity index is 258. The van der Waals surface area contributed by atoms with Crippen LogP contribution < -0.4 is 0 Å². The van der Waals surface area contributed by atoms with Crippen molar-refractivity contribution < 1.29 is 0 Å². The molecule has 1 nitrogen and oxygen atoms in total. The lowest BCUT2D eigenvalue weighted by Crippen LogP contribution is -2.09. The Balaban J connectivity index is 2.77. The van der Waals surface area contributed by atoms with E-state index in [1.165, 1.54) is 5.56 Å². The molecule has 12 heavy (non-hydrogen) atoms. The van der Waals surface area contributed by atoms with Crippen molar-refractivity contribution >= 4 is 0 Å². The average molecular weight is 163 g/mol. The van der Waals surface area contributed by atoms with Gasteiger partial charge < -0.3 is 0 Å². The number of aryl methyl sites for hydroxylation is 1. The highest BCUT2D eigenvalue weighted by Gasteiger charge is 2.10. The molecule has 1 rings (SSSR count). The van der Waals surface area contributed by atoms with E-state index in [1.807, 2.05) is 13.1 Å². The van der Waals surface area contributed by atoms with Gasteiger partial charge >= 0.3 is 0 Å². The third kappa shape index (κ3) is 3.04. The number of pyridine rings is 1. The Morgan fingerprint density at radius 3 is 2.50 bits per heavy atom. The SMILES string of the molecule is Cc1cc(CC(C)(C)C)ccn1. The van der Waals surface area contributed by atoms with Gasteiger partial charge in [0.15, 0.2) is 0 Å². The van der Waals surface area contributed by atoms with Crippen LogP contribution in [0.1, 0.15) is 32.0 Å². The second-order valence-corrected chi connectivity index (χ2v) is 4.54. The fourth-order valence-corrected chi connectivity index (χ4v) is 1.33. The first-order valence-corrected chi connectivity index (χ1v) is 4.39. The maximum Gasteiger partial charge on any atom is 0.0375 e. The number of rotatable bonds is 1. The zero-order valence-corrected chi connectivity index (χ0v) is 8.39. The van der Waals surface area contributed by atoms with Crippen molar-refractivity contribution in [2.24, 2.45) is 5.41 Å². The summed E-state index contributed by atoms with van der Waals surface area (Å²) >= 11 is 0. The Labute approximate surface area is 74.8 Å². The van der Waals surface area contributed by atoms with Gasteiger partial charge in [0.25, 0.3) is 0 Å². The lowest BCUT2D eigenvalue weighted by atomic mass is 9.88. The van der Waals surface area contributed by atoms with Crippen LogP contribution in [-0.2, 0) is 6.42 Å². The van der Waals surface area contributed by atoms with Crippen molar-refractivity contribution in [3.63, 3.8) is 0 Å². The van der Waals surface area contributed by atoms with Crippen molar-refractivity contribution in [3.05, 3.63) is 29.6 Å². The number of nitrogens with zero attached hydrogens (tertiary/aromatic N) is 1. The summed E-state index contributed by atoms with van der Waals surface area (Å²) in [7, 11) is 0. The molecular formula is C11H17N. The van der Waals surface area contributed by atoms with Crippen LogP contribution in [0.5, 0.6) is 0 Å². The number of hydrogen-bond donors (Lipinski definition) is 0. The van der Waals surface area contributed by atoms with E-state index < -0.39 is 0 Å². The summed E-state index contributed by atoms with van der Waals surface area (Å²) in [6, 6.07) is 4.25. The molecule has 0 aliphatic heterocycles. The zero-order chi connectivity index (χ0) is 9.19. The van der Waals surface area contributed by atoms with Gasteiger partial charge in [-0.05, 0) is 36.5 Å². The summed E-state index contributed by atoms with van der Waals surface area (Å²) in [6.45, 7) is 8.79. The molecule has 1 aromatic rings. The zero-order valence-electron chi connectivity index (χ0n) is 8.39. The molecular weight excluding hydrogens is 146 g/mol. The van der Waals surface area contributed by atoms with Gasteiger partial charge in [-0.25, -0.2) is 0 Å². The van der Waals surface area contributed by atoms with Crippen molar-refractivity contribution in [2.45, 2.75) is 34.1 Å². The summed E-state index contributed by atoms with van der Waals surface area (Å²) in [4.78, 5) is 4.17. The van der Waals surface area contributed by atoms with E-state index in [4.69, 9.17) is 0 Å². The molecule has 0 bridgehead atoms. The van der Waals surface area contributed by atoms with Gasteiger partial charge in [-0.1, -0.05) is 20.8 Å². The summed E-state index contributed by atoms with van der Waals surface area (Å²) in [5, 5.41) is 0. The van der Waals surface area contributed by atoms with Gasteiger partial charge in [-0.15, -0.1) is 0 Å². The Kier molecular flexibility index (Phi) is 2.51. The van der Waals surface area contributed by atoms with E-state index >= 15 is 0 Å². The van der Waals surface area contributed by atoms with Gasteiger partial charge in [0, 0.05) is 11.9 Å². The first kappa shape index (κ1) is 9.24. The van der Waals surface area contributed by atoms with E-state index in [0.717, 1.165) is 12.1 Å². The molecule has 66 valence electrons. The van der Waals surface area contributed by atoms with E-state index in [-0.39, 0.29) is 0 Å².